The Morgan fingerprint density at radius 1 is 1.47 bits per heavy atom. The molecular weight excluding hydrogens is 218 g/mol. The van der Waals surface area contributed by atoms with Gasteiger partial charge in [0, 0.05) is 18.8 Å². The highest BCUT2D eigenvalue weighted by molar-refractivity contribution is 5.87. The number of hydrogen-bond donors (Lipinski definition) is 2. The molecule has 0 amide bonds. The van der Waals surface area contributed by atoms with Crippen molar-refractivity contribution in [2.24, 2.45) is 0 Å². The van der Waals surface area contributed by atoms with Crippen molar-refractivity contribution in [1.82, 2.24) is 0 Å². The van der Waals surface area contributed by atoms with E-state index in [-0.39, 0.29) is 5.60 Å². The molecule has 0 saturated carbocycles. The number of carbonyl (C=O) groups is 1. The zero-order valence-electron chi connectivity index (χ0n) is 9.90. The van der Waals surface area contributed by atoms with E-state index in [1.807, 2.05) is 0 Å². The minimum atomic E-state index is -0.900. The van der Waals surface area contributed by atoms with Crippen LogP contribution in [0.15, 0.2) is 24.3 Å². The van der Waals surface area contributed by atoms with Gasteiger partial charge in [0.05, 0.1) is 11.2 Å². The SMILES string of the molecule is CC1(CNc2ccc(C(=O)O)cc2)CCCO1. The van der Waals surface area contributed by atoms with Gasteiger partial charge in [-0.1, -0.05) is 0 Å². The van der Waals surface area contributed by atoms with Crippen LogP contribution >= 0.6 is 0 Å². The van der Waals surface area contributed by atoms with Gasteiger partial charge in [0.25, 0.3) is 0 Å². The van der Waals surface area contributed by atoms with Crippen LogP contribution < -0.4 is 5.32 Å². The minimum absolute atomic E-state index is 0.0918. The predicted octanol–water partition coefficient (Wildman–Crippen LogP) is 2.37. The van der Waals surface area contributed by atoms with Crippen molar-refractivity contribution in [3.05, 3.63) is 29.8 Å². The Hall–Kier alpha value is -1.55. The largest absolute Gasteiger partial charge is 0.478 e. The summed E-state index contributed by atoms with van der Waals surface area (Å²) in [4.78, 5) is 10.7. The molecule has 4 heteroatoms. The number of nitrogens with one attached hydrogen (secondary N) is 1. The van der Waals surface area contributed by atoms with E-state index < -0.39 is 5.97 Å². The molecule has 1 aliphatic rings. The van der Waals surface area contributed by atoms with Crippen LogP contribution in [-0.4, -0.2) is 29.8 Å². The third-order valence-electron chi connectivity index (χ3n) is 3.10. The van der Waals surface area contributed by atoms with E-state index in [2.05, 4.69) is 12.2 Å². The Balaban J connectivity index is 1.93. The second-order valence-corrected chi connectivity index (χ2v) is 4.64. The molecule has 4 nitrogen and oxygen atoms in total. The third kappa shape index (κ3) is 2.97. The summed E-state index contributed by atoms with van der Waals surface area (Å²) in [6.07, 6.45) is 2.17. The summed E-state index contributed by atoms with van der Waals surface area (Å²) in [6, 6.07) is 6.76. The number of carboxylic acids is 1. The van der Waals surface area contributed by atoms with Crippen LogP contribution in [-0.2, 0) is 4.74 Å². The molecule has 1 atom stereocenters. The van der Waals surface area contributed by atoms with E-state index in [0.717, 1.165) is 31.7 Å². The summed E-state index contributed by atoms with van der Waals surface area (Å²) >= 11 is 0. The van der Waals surface area contributed by atoms with Crippen LogP contribution in [0.1, 0.15) is 30.1 Å². The predicted molar refractivity (Wildman–Crippen MR) is 65.5 cm³/mol. The number of ether oxygens (including phenoxy) is 1. The summed E-state index contributed by atoms with van der Waals surface area (Å²) < 4.78 is 5.67. The Kier molecular flexibility index (Phi) is 3.33. The van der Waals surface area contributed by atoms with E-state index in [1.54, 1.807) is 24.3 Å². The molecule has 1 fully saturated rings. The molecule has 1 aromatic rings. The van der Waals surface area contributed by atoms with Crippen molar-refractivity contribution in [3.8, 4) is 0 Å². The number of rotatable bonds is 4. The Labute approximate surface area is 101 Å². The van der Waals surface area contributed by atoms with Crippen molar-refractivity contribution in [2.75, 3.05) is 18.5 Å². The van der Waals surface area contributed by atoms with E-state index in [0.29, 0.717) is 5.56 Å². The summed E-state index contributed by atoms with van der Waals surface area (Å²) in [6.45, 7) is 3.67. The number of benzene rings is 1. The first-order valence-electron chi connectivity index (χ1n) is 5.80. The van der Waals surface area contributed by atoms with Gasteiger partial charge < -0.3 is 15.2 Å². The Morgan fingerprint density at radius 2 is 2.18 bits per heavy atom. The molecule has 1 aromatic carbocycles. The molecule has 1 aliphatic heterocycles. The highest BCUT2D eigenvalue weighted by Gasteiger charge is 2.29. The fourth-order valence-corrected chi connectivity index (χ4v) is 2.00. The van der Waals surface area contributed by atoms with Gasteiger partial charge in [-0.15, -0.1) is 0 Å². The van der Waals surface area contributed by atoms with Crippen LogP contribution in [0.25, 0.3) is 0 Å². The smallest absolute Gasteiger partial charge is 0.335 e. The monoisotopic (exact) mass is 235 g/mol. The van der Waals surface area contributed by atoms with Crippen LogP contribution in [0.2, 0.25) is 0 Å². The fourth-order valence-electron chi connectivity index (χ4n) is 2.00. The normalized spacial score (nSPS) is 23.6. The number of hydrogen-bond acceptors (Lipinski definition) is 3. The lowest BCUT2D eigenvalue weighted by Crippen LogP contribution is -2.32. The van der Waals surface area contributed by atoms with Crippen molar-refractivity contribution < 1.29 is 14.6 Å². The van der Waals surface area contributed by atoms with Crippen LogP contribution in [0, 0.1) is 0 Å². The fraction of sp³-hybridized carbons (Fsp3) is 0.462. The number of anilines is 1. The second-order valence-electron chi connectivity index (χ2n) is 4.64. The highest BCUT2D eigenvalue weighted by atomic mass is 16.5. The molecule has 1 unspecified atom stereocenters. The Bertz CT molecular complexity index is 394. The first-order chi connectivity index (χ1) is 8.09. The standard InChI is InChI=1S/C13H17NO3/c1-13(7-2-8-17-13)9-14-11-5-3-10(4-6-11)12(15)16/h3-6,14H,2,7-9H2,1H3,(H,15,16). The summed E-state index contributed by atoms with van der Waals surface area (Å²) in [5, 5.41) is 12.1. The quantitative estimate of drug-likeness (QED) is 0.841. The lowest BCUT2D eigenvalue weighted by molar-refractivity contribution is 0.0315. The van der Waals surface area contributed by atoms with Crippen molar-refractivity contribution in [3.63, 3.8) is 0 Å². The molecule has 17 heavy (non-hydrogen) atoms. The maximum atomic E-state index is 10.7. The molecule has 0 radical (unpaired) electrons. The highest BCUT2D eigenvalue weighted by Crippen LogP contribution is 2.25. The van der Waals surface area contributed by atoms with Crippen LogP contribution in [0.3, 0.4) is 0 Å². The number of carboxylic acid groups (broad SMARTS) is 1. The van der Waals surface area contributed by atoms with E-state index >= 15 is 0 Å². The molecule has 2 N–H and O–H groups in total. The Morgan fingerprint density at radius 3 is 2.71 bits per heavy atom. The molecule has 0 aliphatic carbocycles. The zero-order valence-corrected chi connectivity index (χ0v) is 9.90. The lowest BCUT2D eigenvalue weighted by Gasteiger charge is -2.24. The molecule has 0 bridgehead atoms. The van der Waals surface area contributed by atoms with E-state index in [4.69, 9.17) is 9.84 Å². The van der Waals surface area contributed by atoms with Gasteiger partial charge in [-0.2, -0.15) is 0 Å². The first-order valence-corrected chi connectivity index (χ1v) is 5.80. The molecule has 0 spiro atoms. The first kappa shape index (κ1) is 11.9. The molecular formula is C13H17NO3. The molecule has 2 rings (SSSR count). The van der Waals surface area contributed by atoms with Gasteiger partial charge in [-0.25, -0.2) is 4.79 Å². The van der Waals surface area contributed by atoms with Gasteiger partial charge in [0.2, 0.25) is 0 Å². The third-order valence-corrected chi connectivity index (χ3v) is 3.10. The average Bonchev–Trinajstić information content (AvgIpc) is 2.75. The van der Waals surface area contributed by atoms with E-state index in [1.165, 1.54) is 0 Å². The van der Waals surface area contributed by atoms with Gasteiger partial charge >= 0.3 is 5.97 Å². The molecule has 0 aromatic heterocycles. The maximum Gasteiger partial charge on any atom is 0.335 e. The lowest BCUT2D eigenvalue weighted by atomic mass is 10.0. The summed E-state index contributed by atoms with van der Waals surface area (Å²) in [7, 11) is 0. The van der Waals surface area contributed by atoms with Crippen molar-refractivity contribution in [1.29, 1.82) is 0 Å². The van der Waals surface area contributed by atoms with Gasteiger partial charge in [-0.05, 0) is 44.0 Å². The van der Waals surface area contributed by atoms with Crippen molar-refractivity contribution in [2.45, 2.75) is 25.4 Å². The summed E-state index contributed by atoms with van der Waals surface area (Å²) in [5.74, 6) is -0.900. The topological polar surface area (TPSA) is 58.6 Å². The average molecular weight is 235 g/mol. The molecule has 1 saturated heterocycles. The second kappa shape index (κ2) is 4.75. The molecule has 92 valence electrons. The maximum absolute atomic E-state index is 10.7. The van der Waals surface area contributed by atoms with Gasteiger partial charge in [0.15, 0.2) is 0 Å². The van der Waals surface area contributed by atoms with Crippen molar-refractivity contribution >= 4 is 11.7 Å². The van der Waals surface area contributed by atoms with Gasteiger partial charge in [-0.3, -0.25) is 0 Å². The minimum Gasteiger partial charge on any atom is -0.478 e. The number of aromatic carboxylic acids is 1. The van der Waals surface area contributed by atoms with Gasteiger partial charge in [0.1, 0.15) is 0 Å². The van der Waals surface area contributed by atoms with E-state index in [9.17, 15) is 4.79 Å². The molecule has 1 heterocycles. The van der Waals surface area contributed by atoms with Crippen LogP contribution in [0.5, 0.6) is 0 Å². The van der Waals surface area contributed by atoms with Crippen LogP contribution in [0.4, 0.5) is 5.69 Å². The zero-order chi connectivity index (χ0) is 12.3. The summed E-state index contributed by atoms with van der Waals surface area (Å²) in [5.41, 5.74) is 1.14.